The zero-order valence-corrected chi connectivity index (χ0v) is 12.9. The van der Waals surface area contributed by atoms with Gasteiger partial charge in [0.05, 0.1) is 11.8 Å². The molecule has 114 valence electrons. The average molecular weight is 324 g/mol. The molecule has 3 heterocycles. The highest BCUT2D eigenvalue weighted by molar-refractivity contribution is 7.17. The summed E-state index contributed by atoms with van der Waals surface area (Å²) < 4.78 is 7.36. The fraction of sp³-hybridized carbons (Fsp3) is 0.125. The second kappa shape index (κ2) is 5.77. The van der Waals surface area contributed by atoms with Gasteiger partial charge in [-0.15, -0.1) is 11.3 Å². The molecular formula is C16H12N4O2S. The molecule has 0 amide bonds. The Morgan fingerprint density at radius 2 is 2.04 bits per heavy atom. The third-order valence-corrected chi connectivity index (χ3v) is 4.35. The van der Waals surface area contributed by atoms with E-state index < -0.39 is 0 Å². The molecule has 0 saturated carbocycles. The Morgan fingerprint density at radius 3 is 2.91 bits per heavy atom. The van der Waals surface area contributed by atoms with Gasteiger partial charge in [0.15, 0.2) is 5.82 Å². The van der Waals surface area contributed by atoms with Crippen LogP contribution in [0.15, 0.2) is 57.4 Å². The van der Waals surface area contributed by atoms with Gasteiger partial charge in [-0.2, -0.15) is 4.98 Å². The zero-order valence-electron chi connectivity index (χ0n) is 12.0. The Labute approximate surface area is 135 Å². The van der Waals surface area contributed by atoms with Crippen LogP contribution in [0, 0.1) is 0 Å². The van der Waals surface area contributed by atoms with E-state index in [9.17, 15) is 4.79 Å². The van der Waals surface area contributed by atoms with E-state index in [4.69, 9.17) is 4.52 Å². The highest BCUT2D eigenvalue weighted by Gasteiger charge is 2.11. The van der Waals surface area contributed by atoms with Crippen LogP contribution in [-0.2, 0) is 13.0 Å². The van der Waals surface area contributed by atoms with Gasteiger partial charge < -0.3 is 4.52 Å². The molecule has 0 saturated heterocycles. The summed E-state index contributed by atoms with van der Waals surface area (Å²) in [4.78, 5) is 20.9. The largest absolute Gasteiger partial charge is 0.337 e. The third-order valence-electron chi connectivity index (χ3n) is 3.46. The van der Waals surface area contributed by atoms with Crippen LogP contribution < -0.4 is 5.56 Å². The summed E-state index contributed by atoms with van der Waals surface area (Å²) in [5, 5.41) is 5.83. The second-order valence-electron chi connectivity index (χ2n) is 5.08. The smallest absolute Gasteiger partial charge is 0.271 e. The molecule has 1 aromatic carbocycles. The van der Waals surface area contributed by atoms with Crippen LogP contribution in [0.1, 0.15) is 17.3 Å². The van der Waals surface area contributed by atoms with Gasteiger partial charge in [0.2, 0.25) is 5.89 Å². The first kappa shape index (κ1) is 13.8. The van der Waals surface area contributed by atoms with E-state index >= 15 is 0 Å². The molecule has 0 aliphatic heterocycles. The topological polar surface area (TPSA) is 73.8 Å². The normalized spacial score (nSPS) is 11.1. The minimum atomic E-state index is -0.0900. The maximum atomic E-state index is 12.3. The zero-order chi connectivity index (χ0) is 15.6. The van der Waals surface area contributed by atoms with E-state index in [1.165, 1.54) is 22.2 Å². The summed E-state index contributed by atoms with van der Waals surface area (Å²) in [6.45, 7) is 0.224. The number of benzene rings is 1. The first-order chi connectivity index (χ1) is 11.3. The number of hydrogen-bond acceptors (Lipinski definition) is 6. The van der Waals surface area contributed by atoms with E-state index in [0.717, 1.165) is 5.56 Å². The van der Waals surface area contributed by atoms with Crippen molar-refractivity contribution in [2.45, 2.75) is 13.0 Å². The predicted octanol–water partition coefficient (Wildman–Crippen LogP) is 2.48. The summed E-state index contributed by atoms with van der Waals surface area (Å²) in [6.07, 6.45) is 2.11. The van der Waals surface area contributed by atoms with Gasteiger partial charge in [-0.1, -0.05) is 35.5 Å². The number of nitrogens with zero attached hydrogens (tertiary/aromatic N) is 4. The first-order valence-corrected chi connectivity index (χ1v) is 7.95. The highest BCUT2D eigenvalue weighted by atomic mass is 32.1. The standard InChI is InChI=1S/C16H12N4O2S/c21-16-15-12(6-7-23-15)17-10-20(16)9-14-18-13(19-22-14)8-11-4-2-1-3-5-11/h1-7,10H,8-9H2. The lowest BCUT2D eigenvalue weighted by Gasteiger charge is -2.00. The van der Waals surface area contributed by atoms with Gasteiger partial charge >= 0.3 is 0 Å². The average Bonchev–Trinajstić information content (AvgIpc) is 3.21. The number of hydrogen-bond donors (Lipinski definition) is 0. The molecule has 0 bridgehead atoms. The molecule has 0 spiro atoms. The van der Waals surface area contributed by atoms with Gasteiger partial charge in [-0.3, -0.25) is 9.36 Å². The van der Waals surface area contributed by atoms with Crippen LogP contribution in [-0.4, -0.2) is 19.7 Å². The fourth-order valence-corrected chi connectivity index (χ4v) is 3.13. The second-order valence-corrected chi connectivity index (χ2v) is 6.00. The minimum Gasteiger partial charge on any atom is -0.337 e. The van der Waals surface area contributed by atoms with Crippen molar-refractivity contribution in [3.8, 4) is 0 Å². The number of rotatable bonds is 4. The number of fused-ring (bicyclic) bond motifs is 1. The molecule has 0 atom stereocenters. The van der Waals surface area contributed by atoms with Crippen LogP contribution in [0.5, 0.6) is 0 Å². The van der Waals surface area contributed by atoms with Crippen molar-refractivity contribution in [2.24, 2.45) is 0 Å². The van der Waals surface area contributed by atoms with Gasteiger partial charge in [0.25, 0.3) is 5.56 Å². The maximum Gasteiger partial charge on any atom is 0.271 e. The van der Waals surface area contributed by atoms with Crippen molar-refractivity contribution in [3.63, 3.8) is 0 Å². The van der Waals surface area contributed by atoms with Crippen molar-refractivity contribution >= 4 is 21.6 Å². The Hall–Kier alpha value is -2.80. The van der Waals surface area contributed by atoms with Crippen molar-refractivity contribution in [3.05, 3.63) is 75.7 Å². The summed E-state index contributed by atoms with van der Waals surface area (Å²) in [5.41, 5.74) is 1.73. The molecule has 4 rings (SSSR count). The quantitative estimate of drug-likeness (QED) is 0.576. The molecule has 4 aromatic rings. The van der Waals surface area contributed by atoms with E-state index in [1.807, 2.05) is 41.8 Å². The Morgan fingerprint density at radius 1 is 1.17 bits per heavy atom. The van der Waals surface area contributed by atoms with Crippen molar-refractivity contribution in [1.82, 2.24) is 19.7 Å². The monoisotopic (exact) mass is 324 g/mol. The maximum absolute atomic E-state index is 12.3. The minimum absolute atomic E-state index is 0.0900. The van der Waals surface area contributed by atoms with Gasteiger partial charge in [-0.05, 0) is 17.0 Å². The summed E-state index contributed by atoms with van der Waals surface area (Å²) in [6, 6.07) is 11.8. The van der Waals surface area contributed by atoms with E-state index in [-0.39, 0.29) is 12.1 Å². The van der Waals surface area contributed by atoms with Gasteiger partial charge in [0.1, 0.15) is 11.2 Å². The molecule has 3 aromatic heterocycles. The molecule has 0 fully saturated rings. The lowest BCUT2D eigenvalue weighted by atomic mass is 10.1. The fourth-order valence-electron chi connectivity index (χ4n) is 2.34. The Balaban J connectivity index is 1.57. The summed E-state index contributed by atoms with van der Waals surface area (Å²) in [5.74, 6) is 1.00. The molecule has 6 nitrogen and oxygen atoms in total. The summed E-state index contributed by atoms with van der Waals surface area (Å²) >= 11 is 1.38. The molecule has 0 aliphatic rings. The van der Waals surface area contributed by atoms with E-state index in [0.29, 0.717) is 28.4 Å². The van der Waals surface area contributed by atoms with Crippen molar-refractivity contribution in [2.75, 3.05) is 0 Å². The lowest BCUT2D eigenvalue weighted by Crippen LogP contribution is -2.20. The number of thiophene rings is 1. The Kier molecular flexibility index (Phi) is 3.47. The van der Waals surface area contributed by atoms with Crippen molar-refractivity contribution in [1.29, 1.82) is 0 Å². The van der Waals surface area contributed by atoms with Crippen molar-refractivity contribution < 1.29 is 4.52 Å². The molecule has 0 radical (unpaired) electrons. The SMILES string of the molecule is O=c1c2sccc2ncn1Cc1nc(Cc2ccccc2)no1. The van der Waals surface area contributed by atoms with E-state index in [2.05, 4.69) is 15.1 Å². The van der Waals surface area contributed by atoms with Crippen LogP contribution in [0.4, 0.5) is 0 Å². The Bertz CT molecular complexity index is 1000. The first-order valence-electron chi connectivity index (χ1n) is 7.07. The molecule has 23 heavy (non-hydrogen) atoms. The third kappa shape index (κ3) is 2.78. The molecule has 7 heteroatoms. The molecule has 0 unspecified atom stereocenters. The number of aromatic nitrogens is 4. The molecule has 0 aliphatic carbocycles. The van der Waals surface area contributed by atoms with Gasteiger partial charge in [0, 0.05) is 6.42 Å². The summed E-state index contributed by atoms with van der Waals surface area (Å²) in [7, 11) is 0. The van der Waals surface area contributed by atoms with Crippen LogP contribution in [0.3, 0.4) is 0 Å². The van der Waals surface area contributed by atoms with Crippen LogP contribution >= 0.6 is 11.3 Å². The lowest BCUT2D eigenvalue weighted by molar-refractivity contribution is 0.365. The molecule has 0 N–H and O–H groups in total. The van der Waals surface area contributed by atoms with Crippen LogP contribution in [0.2, 0.25) is 0 Å². The van der Waals surface area contributed by atoms with Gasteiger partial charge in [-0.25, -0.2) is 4.98 Å². The molecular weight excluding hydrogens is 312 g/mol. The van der Waals surface area contributed by atoms with Crippen LogP contribution in [0.25, 0.3) is 10.2 Å². The van der Waals surface area contributed by atoms with E-state index in [1.54, 1.807) is 0 Å². The highest BCUT2D eigenvalue weighted by Crippen LogP contribution is 2.13. The predicted molar refractivity (Wildman–Crippen MR) is 86.5 cm³/mol.